The second-order valence-corrected chi connectivity index (χ2v) is 5.95. The number of rotatable bonds is 5. The minimum atomic E-state index is 0.657. The number of piperidine rings is 1. The van der Waals surface area contributed by atoms with E-state index in [1.807, 2.05) is 0 Å². The number of aryl methyl sites for hydroxylation is 2. The molecule has 1 N–H and O–H groups in total. The molecule has 1 aromatic carbocycles. The average molecular weight is 260 g/mol. The summed E-state index contributed by atoms with van der Waals surface area (Å²) in [5, 5.41) is 3.64. The Bertz CT molecular complexity index is 374. The molecule has 1 saturated heterocycles. The summed E-state index contributed by atoms with van der Waals surface area (Å²) >= 11 is 0. The zero-order valence-electron chi connectivity index (χ0n) is 12.7. The van der Waals surface area contributed by atoms with Crippen LogP contribution in [0, 0.1) is 13.8 Å². The van der Waals surface area contributed by atoms with Crippen LogP contribution in [0.3, 0.4) is 0 Å². The van der Waals surface area contributed by atoms with Gasteiger partial charge in [0.05, 0.1) is 0 Å². The van der Waals surface area contributed by atoms with E-state index >= 15 is 0 Å². The van der Waals surface area contributed by atoms with Crippen molar-refractivity contribution in [2.75, 3.05) is 19.6 Å². The third-order valence-corrected chi connectivity index (χ3v) is 4.40. The molecule has 0 aliphatic carbocycles. The molecule has 2 heteroatoms. The smallest absolute Gasteiger partial charge is 0.0211 e. The van der Waals surface area contributed by atoms with Gasteiger partial charge in [0.2, 0.25) is 0 Å². The van der Waals surface area contributed by atoms with Crippen LogP contribution in [0.5, 0.6) is 0 Å². The van der Waals surface area contributed by atoms with Crippen molar-refractivity contribution in [1.82, 2.24) is 10.2 Å². The molecule has 1 atom stereocenters. The molecule has 0 radical (unpaired) electrons. The van der Waals surface area contributed by atoms with E-state index in [9.17, 15) is 0 Å². The quantitative estimate of drug-likeness (QED) is 0.874. The number of hydrogen-bond acceptors (Lipinski definition) is 2. The highest BCUT2D eigenvalue weighted by atomic mass is 15.2. The van der Waals surface area contributed by atoms with Gasteiger partial charge in [-0.2, -0.15) is 0 Å². The summed E-state index contributed by atoms with van der Waals surface area (Å²) < 4.78 is 0. The average Bonchev–Trinajstić information content (AvgIpc) is 2.43. The Labute approximate surface area is 118 Å². The van der Waals surface area contributed by atoms with Crippen molar-refractivity contribution in [3.8, 4) is 0 Å². The fourth-order valence-corrected chi connectivity index (χ4v) is 3.02. The summed E-state index contributed by atoms with van der Waals surface area (Å²) in [5.41, 5.74) is 4.27. The van der Waals surface area contributed by atoms with Crippen LogP contribution in [0.15, 0.2) is 18.2 Å². The first-order chi connectivity index (χ1) is 9.18. The summed E-state index contributed by atoms with van der Waals surface area (Å²) in [6, 6.07) is 7.21. The SMILES string of the molecule is Cc1cccc(C)c1CNCC(C)N1CCCCC1. The first-order valence-corrected chi connectivity index (χ1v) is 7.68. The van der Waals surface area contributed by atoms with Crippen molar-refractivity contribution < 1.29 is 0 Å². The number of nitrogens with zero attached hydrogens (tertiary/aromatic N) is 1. The predicted molar refractivity (Wildman–Crippen MR) is 82.5 cm³/mol. The van der Waals surface area contributed by atoms with E-state index < -0.39 is 0 Å². The molecular formula is C17H28N2. The normalized spacial score (nSPS) is 18.5. The largest absolute Gasteiger partial charge is 0.311 e. The van der Waals surface area contributed by atoms with Crippen molar-refractivity contribution in [2.24, 2.45) is 0 Å². The van der Waals surface area contributed by atoms with Crippen LogP contribution in [0.25, 0.3) is 0 Å². The Kier molecular flexibility index (Phi) is 5.41. The fraction of sp³-hybridized carbons (Fsp3) is 0.647. The monoisotopic (exact) mass is 260 g/mol. The molecule has 0 amide bonds. The van der Waals surface area contributed by atoms with E-state index in [-0.39, 0.29) is 0 Å². The molecule has 1 aromatic rings. The predicted octanol–water partition coefficient (Wildman–Crippen LogP) is 3.27. The lowest BCUT2D eigenvalue weighted by Crippen LogP contribution is -2.43. The van der Waals surface area contributed by atoms with E-state index in [1.165, 1.54) is 49.0 Å². The summed E-state index contributed by atoms with van der Waals surface area (Å²) in [7, 11) is 0. The summed E-state index contributed by atoms with van der Waals surface area (Å²) in [5.74, 6) is 0. The molecule has 0 saturated carbocycles. The zero-order valence-corrected chi connectivity index (χ0v) is 12.7. The van der Waals surface area contributed by atoms with Gasteiger partial charge in [0.25, 0.3) is 0 Å². The third-order valence-electron chi connectivity index (χ3n) is 4.40. The fourth-order valence-electron chi connectivity index (χ4n) is 3.02. The topological polar surface area (TPSA) is 15.3 Å². The van der Waals surface area contributed by atoms with Gasteiger partial charge in [0.1, 0.15) is 0 Å². The Morgan fingerprint density at radius 3 is 2.37 bits per heavy atom. The Hall–Kier alpha value is -0.860. The summed E-state index contributed by atoms with van der Waals surface area (Å²) in [4.78, 5) is 2.63. The molecule has 1 fully saturated rings. The summed E-state index contributed by atoms with van der Waals surface area (Å²) in [6.45, 7) is 11.4. The van der Waals surface area contributed by atoms with Gasteiger partial charge in [0.15, 0.2) is 0 Å². The number of hydrogen-bond donors (Lipinski definition) is 1. The van der Waals surface area contributed by atoms with E-state index in [2.05, 4.69) is 49.2 Å². The van der Waals surface area contributed by atoms with Gasteiger partial charge < -0.3 is 5.32 Å². The third kappa shape index (κ3) is 4.05. The Morgan fingerprint density at radius 2 is 1.74 bits per heavy atom. The zero-order chi connectivity index (χ0) is 13.7. The maximum Gasteiger partial charge on any atom is 0.0211 e. The maximum absolute atomic E-state index is 3.64. The van der Waals surface area contributed by atoms with Gasteiger partial charge >= 0.3 is 0 Å². The molecule has 1 aliphatic heterocycles. The van der Waals surface area contributed by atoms with E-state index in [4.69, 9.17) is 0 Å². The first-order valence-electron chi connectivity index (χ1n) is 7.68. The number of benzene rings is 1. The second kappa shape index (κ2) is 7.06. The molecule has 1 aliphatic rings. The van der Waals surface area contributed by atoms with Crippen LogP contribution in [0.1, 0.15) is 42.9 Å². The van der Waals surface area contributed by atoms with Crippen molar-refractivity contribution >= 4 is 0 Å². The molecule has 0 aromatic heterocycles. The van der Waals surface area contributed by atoms with Crippen LogP contribution in [0.4, 0.5) is 0 Å². The van der Waals surface area contributed by atoms with Crippen LogP contribution in [0.2, 0.25) is 0 Å². The van der Waals surface area contributed by atoms with Crippen molar-refractivity contribution in [3.63, 3.8) is 0 Å². The van der Waals surface area contributed by atoms with E-state index in [0.29, 0.717) is 6.04 Å². The van der Waals surface area contributed by atoms with Crippen LogP contribution >= 0.6 is 0 Å². The highest BCUT2D eigenvalue weighted by Gasteiger charge is 2.16. The molecular weight excluding hydrogens is 232 g/mol. The Balaban J connectivity index is 1.79. The molecule has 1 heterocycles. The van der Waals surface area contributed by atoms with Gasteiger partial charge in [-0.15, -0.1) is 0 Å². The molecule has 1 unspecified atom stereocenters. The molecule has 0 bridgehead atoms. The number of nitrogens with one attached hydrogen (secondary N) is 1. The first kappa shape index (κ1) is 14.5. The number of likely N-dealkylation sites (tertiary alicyclic amines) is 1. The van der Waals surface area contributed by atoms with Gasteiger partial charge in [-0.3, -0.25) is 4.90 Å². The van der Waals surface area contributed by atoms with Gasteiger partial charge in [-0.05, 0) is 63.4 Å². The van der Waals surface area contributed by atoms with E-state index in [0.717, 1.165) is 13.1 Å². The van der Waals surface area contributed by atoms with Crippen LogP contribution in [-0.4, -0.2) is 30.6 Å². The lowest BCUT2D eigenvalue weighted by atomic mass is 10.0. The van der Waals surface area contributed by atoms with Crippen molar-refractivity contribution in [1.29, 1.82) is 0 Å². The van der Waals surface area contributed by atoms with Crippen molar-refractivity contribution in [3.05, 3.63) is 34.9 Å². The molecule has 106 valence electrons. The minimum Gasteiger partial charge on any atom is -0.311 e. The highest BCUT2D eigenvalue weighted by Crippen LogP contribution is 2.14. The second-order valence-electron chi connectivity index (χ2n) is 5.95. The molecule has 2 rings (SSSR count). The Morgan fingerprint density at radius 1 is 1.11 bits per heavy atom. The lowest BCUT2D eigenvalue weighted by molar-refractivity contribution is 0.170. The highest BCUT2D eigenvalue weighted by molar-refractivity contribution is 5.33. The van der Waals surface area contributed by atoms with Gasteiger partial charge in [-0.25, -0.2) is 0 Å². The minimum absolute atomic E-state index is 0.657. The molecule has 19 heavy (non-hydrogen) atoms. The standard InChI is InChI=1S/C17H28N2/c1-14-8-7-9-15(2)17(14)13-18-12-16(3)19-10-5-4-6-11-19/h7-9,16,18H,4-6,10-13H2,1-3H3. The lowest BCUT2D eigenvalue weighted by Gasteiger charge is -2.32. The van der Waals surface area contributed by atoms with Crippen LogP contribution < -0.4 is 5.32 Å². The van der Waals surface area contributed by atoms with Gasteiger partial charge in [0, 0.05) is 19.1 Å². The molecule has 0 spiro atoms. The van der Waals surface area contributed by atoms with Crippen molar-refractivity contribution in [2.45, 2.75) is 52.6 Å². The maximum atomic E-state index is 3.64. The molecule has 2 nitrogen and oxygen atoms in total. The summed E-state index contributed by atoms with van der Waals surface area (Å²) in [6.07, 6.45) is 4.17. The van der Waals surface area contributed by atoms with E-state index in [1.54, 1.807) is 0 Å². The van der Waals surface area contributed by atoms with Crippen LogP contribution in [-0.2, 0) is 6.54 Å². The van der Waals surface area contributed by atoms with Gasteiger partial charge in [-0.1, -0.05) is 24.6 Å².